The van der Waals surface area contributed by atoms with Gasteiger partial charge in [-0.15, -0.1) is 0 Å². The van der Waals surface area contributed by atoms with Gasteiger partial charge in [0.05, 0.1) is 19.3 Å². The number of rotatable bonds is 18. The highest BCUT2D eigenvalue weighted by molar-refractivity contribution is 5.97. The predicted octanol–water partition coefficient (Wildman–Crippen LogP) is 0.281. The summed E-state index contributed by atoms with van der Waals surface area (Å²) in [5.74, 6) is -3.69. The molecule has 5 N–H and O–H groups in total. The fraction of sp³-hybridized carbons (Fsp3) is 0.800. The van der Waals surface area contributed by atoms with Gasteiger partial charge in [-0.1, -0.05) is 54.4 Å². The van der Waals surface area contributed by atoms with Crippen LogP contribution >= 0.6 is 0 Å². The van der Waals surface area contributed by atoms with Gasteiger partial charge in [-0.3, -0.25) is 28.8 Å². The number of ether oxygens (including phenoxy) is 1. The normalized spacial score (nSPS) is 20.8. The van der Waals surface area contributed by atoms with Crippen molar-refractivity contribution in [2.45, 2.75) is 117 Å². The van der Waals surface area contributed by atoms with E-state index in [0.717, 1.165) is 0 Å². The Kier molecular flexibility index (Phi) is 14.7. The molecule has 0 aromatic heterocycles. The Labute approximate surface area is 255 Å². The van der Waals surface area contributed by atoms with Crippen molar-refractivity contribution in [2.24, 2.45) is 17.8 Å². The number of nitrogens with zero attached hydrogens (tertiary/aromatic N) is 1. The molecule has 1 aliphatic heterocycles. The maximum atomic E-state index is 13.5. The minimum atomic E-state index is -1.44. The van der Waals surface area contributed by atoms with E-state index in [1.165, 1.54) is 25.8 Å². The molecule has 13 heteroatoms. The van der Waals surface area contributed by atoms with Crippen molar-refractivity contribution >= 4 is 35.3 Å². The summed E-state index contributed by atoms with van der Waals surface area (Å²) in [5, 5.41) is 20.9. The van der Waals surface area contributed by atoms with Gasteiger partial charge in [0.1, 0.15) is 29.8 Å². The van der Waals surface area contributed by atoms with Gasteiger partial charge < -0.3 is 36.0 Å². The number of hydrogen-bond donors (Lipinski definition) is 5. The van der Waals surface area contributed by atoms with E-state index in [0.29, 0.717) is 12.8 Å². The molecule has 5 amide bonds. The van der Waals surface area contributed by atoms with Crippen LogP contribution in [0.15, 0.2) is 0 Å². The smallest absolute Gasteiger partial charge is 0.245 e. The maximum Gasteiger partial charge on any atom is 0.245 e. The van der Waals surface area contributed by atoms with E-state index in [1.54, 1.807) is 13.8 Å². The first kappa shape index (κ1) is 38.0. The van der Waals surface area contributed by atoms with Crippen LogP contribution < -0.4 is 21.3 Å². The van der Waals surface area contributed by atoms with Gasteiger partial charge in [0, 0.05) is 14.0 Å². The van der Waals surface area contributed by atoms with Gasteiger partial charge in [0.2, 0.25) is 29.5 Å². The SMILES string of the molecule is CCC(C)C(NC(=O)C(C(C)CC)N(C)C(C)=O)C(=O)NC(C(=O)NC(CC(C)C)C(=O)NCC(=O)C1(C)CO1)C(C)O. The molecule has 0 saturated carbocycles. The molecule has 0 aromatic rings. The van der Waals surface area contributed by atoms with Gasteiger partial charge in [0.15, 0.2) is 5.78 Å². The van der Waals surface area contributed by atoms with Crippen LogP contribution in [0.4, 0.5) is 0 Å². The Morgan fingerprint density at radius 2 is 1.35 bits per heavy atom. The molecule has 0 bridgehead atoms. The highest BCUT2D eigenvalue weighted by atomic mass is 16.6. The highest BCUT2D eigenvalue weighted by Crippen LogP contribution is 2.26. The Morgan fingerprint density at radius 3 is 1.79 bits per heavy atom. The van der Waals surface area contributed by atoms with E-state index in [-0.39, 0.29) is 49.0 Å². The highest BCUT2D eigenvalue weighted by Gasteiger charge is 2.46. The van der Waals surface area contributed by atoms with Crippen molar-refractivity contribution in [3.8, 4) is 0 Å². The molecular weight excluding hydrogens is 558 g/mol. The fourth-order valence-electron chi connectivity index (χ4n) is 4.54. The Balaban J connectivity index is 3.10. The predicted molar refractivity (Wildman–Crippen MR) is 160 cm³/mol. The van der Waals surface area contributed by atoms with Gasteiger partial charge in [-0.25, -0.2) is 0 Å². The molecule has 0 aromatic carbocycles. The third-order valence-corrected chi connectivity index (χ3v) is 8.15. The lowest BCUT2D eigenvalue weighted by Gasteiger charge is -2.34. The molecule has 1 rings (SSSR count). The van der Waals surface area contributed by atoms with Crippen LogP contribution in [-0.4, -0.2) is 101 Å². The van der Waals surface area contributed by atoms with E-state index >= 15 is 0 Å². The van der Waals surface area contributed by atoms with Crippen molar-refractivity contribution < 1.29 is 38.6 Å². The van der Waals surface area contributed by atoms with Crippen LogP contribution in [0.1, 0.15) is 81.6 Å². The lowest BCUT2D eigenvalue weighted by atomic mass is 9.94. The fourth-order valence-corrected chi connectivity index (χ4v) is 4.54. The van der Waals surface area contributed by atoms with Crippen LogP contribution in [0.25, 0.3) is 0 Å². The first-order valence-electron chi connectivity index (χ1n) is 15.2. The Hall–Kier alpha value is -3.06. The van der Waals surface area contributed by atoms with Gasteiger partial charge in [-0.2, -0.15) is 0 Å². The van der Waals surface area contributed by atoms with Crippen molar-refractivity contribution in [3.05, 3.63) is 0 Å². The number of carbonyl (C=O) groups excluding carboxylic acids is 6. The summed E-state index contributed by atoms with van der Waals surface area (Å²) < 4.78 is 5.11. The third kappa shape index (κ3) is 11.2. The molecule has 1 fully saturated rings. The second-order valence-corrected chi connectivity index (χ2v) is 12.4. The van der Waals surface area contributed by atoms with Crippen molar-refractivity contribution in [2.75, 3.05) is 20.2 Å². The molecule has 0 aliphatic carbocycles. The van der Waals surface area contributed by atoms with Crippen molar-refractivity contribution in [1.82, 2.24) is 26.2 Å². The number of amides is 5. The largest absolute Gasteiger partial charge is 0.391 e. The summed E-state index contributed by atoms with van der Waals surface area (Å²) in [6.45, 7) is 15.4. The average Bonchev–Trinajstić information content (AvgIpc) is 3.69. The second kappa shape index (κ2) is 16.7. The molecule has 43 heavy (non-hydrogen) atoms. The molecular formula is C30H53N5O8. The van der Waals surface area contributed by atoms with E-state index in [9.17, 15) is 33.9 Å². The lowest BCUT2D eigenvalue weighted by molar-refractivity contribution is -0.141. The lowest BCUT2D eigenvalue weighted by Crippen LogP contribution is -2.62. The van der Waals surface area contributed by atoms with Crippen molar-refractivity contribution in [3.63, 3.8) is 0 Å². The zero-order valence-electron chi connectivity index (χ0n) is 27.4. The second-order valence-electron chi connectivity index (χ2n) is 12.4. The summed E-state index contributed by atoms with van der Waals surface area (Å²) in [6, 6.07) is -4.35. The topological polar surface area (TPSA) is 187 Å². The van der Waals surface area contributed by atoms with Gasteiger partial charge in [-0.05, 0) is 38.0 Å². The van der Waals surface area contributed by atoms with Crippen LogP contribution in [0, 0.1) is 17.8 Å². The molecule has 1 aliphatic rings. The number of likely N-dealkylation sites (N-methyl/N-ethyl adjacent to an activating group) is 1. The summed E-state index contributed by atoms with van der Waals surface area (Å²) in [5.41, 5.74) is -0.899. The van der Waals surface area contributed by atoms with E-state index in [2.05, 4.69) is 21.3 Å². The number of Topliss-reactive ketones (excluding diaryl/α,β-unsaturated/α-hetero) is 1. The maximum absolute atomic E-state index is 13.5. The van der Waals surface area contributed by atoms with Crippen LogP contribution in [0.2, 0.25) is 0 Å². The van der Waals surface area contributed by atoms with Gasteiger partial charge >= 0.3 is 0 Å². The first-order valence-corrected chi connectivity index (χ1v) is 15.2. The van der Waals surface area contributed by atoms with E-state index < -0.39 is 59.5 Å². The molecule has 0 radical (unpaired) electrons. The minimum Gasteiger partial charge on any atom is -0.391 e. The summed E-state index contributed by atoms with van der Waals surface area (Å²) >= 11 is 0. The van der Waals surface area contributed by atoms with E-state index in [4.69, 9.17) is 4.74 Å². The number of carbonyl (C=O) groups is 6. The number of hydrogen-bond acceptors (Lipinski definition) is 8. The first-order chi connectivity index (χ1) is 19.9. The Bertz CT molecular complexity index is 1010. The molecule has 246 valence electrons. The Morgan fingerprint density at radius 1 is 0.837 bits per heavy atom. The zero-order chi connectivity index (χ0) is 33.2. The molecule has 0 spiro atoms. The molecule has 13 nitrogen and oxygen atoms in total. The van der Waals surface area contributed by atoms with E-state index in [1.807, 2.05) is 34.6 Å². The van der Waals surface area contributed by atoms with Gasteiger partial charge in [0.25, 0.3) is 0 Å². The summed E-state index contributed by atoms with van der Waals surface area (Å²) in [6.07, 6.45) is 0.0313. The van der Waals surface area contributed by atoms with Crippen molar-refractivity contribution in [1.29, 1.82) is 0 Å². The summed E-state index contributed by atoms with van der Waals surface area (Å²) in [7, 11) is 1.53. The molecule has 8 unspecified atom stereocenters. The number of ketones is 1. The monoisotopic (exact) mass is 611 g/mol. The number of aliphatic hydroxyl groups is 1. The van der Waals surface area contributed by atoms with Crippen LogP contribution in [0.3, 0.4) is 0 Å². The molecule has 1 heterocycles. The standard InChI is InChI=1S/C30H53N5O8/c1-11-17(5)23(33-29(42)25(18(6)12-2)35(10)20(8)37)27(40)34-24(19(7)36)28(41)32-21(13-16(3)4)26(39)31-14-22(38)30(9)15-43-30/h16-19,21,23-25,36H,11-15H2,1-10H3,(H,31,39)(H,32,41)(H,33,42)(H,34,40). The molecule has 8 atom stereocenters. The number of epoxide rings is 1. The van der Waals surface area contributed by atoms with Crippen LogP contribution in [-0.2, 0) is 33.5 Å². The third-order valence-electron chi connectivity index (χ3n) is 8.15. The minimum absolute atomic E-state index is 0.00721. The molecule has 1 saturated heterocycles. The quantitative estimate of drug-likeness (QED) is 0.137. The average molecular weight is 612 g/mol. The van der Waals surface area contributed by atoms with Crippen LogP contribution in [0.5, 0.6) is 0 Å². The number of aliphatic hydroxyl groups excluding tert-OH is 1. The number of nitrogens with one attached hydrogen (secondary N) is 4. The summed E-state index contributed by atoms with van der Waals surface area (Å²) in [4.78, 5) is 78.8. The zero-order valence-corrected chi connectivity index (χ0v) is 27.4.